The number of pyridine rings is 1. The van der Waals surface area contributed by atoms with Gasteiger partial charge in [-0.15, -0.1) is 0 Å². The average molecular weight is 436 g/mol. The van der Waals surface area contributed by atoms with Crippen molar-refractivity contribution in [3.05, 3.63) is 65.1 Å². The number of nitrogens with zero attached hydrogens (tertiary/aromatic N) is 3. The maximum atomic E-state index is 13.3. The van der Waals surface area contributed by atoms with E-state index < -0.39 is 10.0 Å². The van der Waals surface area contributed by atoms with Gasteiger partial charge in [0.05, 0.1) is 9.92 Å². The Balaban J connectivity index is 1.55. The van der Waals surface area contributed by atoms with Crippen LogP contribution in [0.3, 0.4) is 0 Å². The molecule has 1 aromatic heterocycles. The molecule has 4 rings (SSSR count). The number of aromatic hydroxyl groups is 1. The Bertz CT molecular complexity index is 1150. The summed E-state index contributed by atoms with van der Waals surface area (Å²) in [6, 6.07) is 10.8. The predicted octanol–water partition coefficient (Wildman–Crippen LogP) is 3.24. The highest BCUT2D eigenvalue weighted by atomic mass is 35.5. The molecule has 3 aromatic rings. The van der Waals surface area contributed by atoms with Crippen LogP contribution in [0.15, 0.2) is 53.6 Å². The monoisotopic (exact) mass is 435 g/mol. The van der Waals surface area contributed by atoms with Crippen LogP contribution in [0, 0.1) is 5.82 Å². The van der Waals surface area contributed by atoms with Gasteiger partial charge in [0.15, 0.2) is 5.75 Å². The van der Waals surface area contributed by atoms with Crippen molar-refractivity contribution in [3.63, 3.8) is 0 Å². The Hall–Kier alpha value is -2.26. The summed E-state index contributed by atoms with van der Waals surface area (Å²) in [7, 11) is -3.81. The summed E-state index contributed by atoms with van der Waals surface area (Å²) in [5.74, 6) is -0.510. The molecular formula is C20H19ClFN3O3S. The van der Waals surface area contributed by atoms with E-state index in [-0.39, 0.29) is 27.0 Å². The van der Waals surface area contributed by atoms with Gasteiger partial charge in [-0.25, -0.2) is 12.8 Å². The minimum absolute atomic E-state index is 0.0374. The number of hydrogen-bond acceptors (Lipinski definition) is 5. The topological polar surface area (TPSA) is 73.7 Å². The number of benzene rings is 2. The van der Waals surface area contributed by atoms with E-state index in [1.54, 1.807) is 24.3 Å². The van der Waals surface area contributed by atoms with E-state index in [4.69, 9.17) is 11.6 Å². The van der Waals surface area contributed by atoms with Crippen LogP contribution in [0.4, 0.5) is 4.39 Å². The number of piperazine rings is 1. The molecule has 9 heteroatoms. The number of fused-ring (bicyclic) bond motifs is 1. The summed E-state index contributed by atoms with van der Waals surface area (Å²) in [5, 5.41) is 10.4. The minimum Gasteiger partial charge on any atom is -0.504 e. The molecular weight excluding hydrogens is 417 g/mol. The van der Waals surface area contributed by atoms with Crippen LogP contribution in [0.5, 0.6) is 5.75 Å². The maximum Gasteiger partial charge on any atom is 0.243 e. The highest BCUT2D eigenvalue weighted by Crippen LogP contribution is 2.36. The lowest BCUT2D eigenvalue weighted by atomic mass is 10.2. The number of hydrogen-bond donors (Lipinski definition) is 1. The molecule has 0 unspecified atom stereocenters. The number of halogens is 2. The van der Waals surface area contributed by atoms with Crippen LogP contribution in [-0.2, 0) is 16.6 Å². The van der Waals surface area contributed by atoms with Crippen molar-refractivity contribution in [2.24, 2.45) is 0 Å². The molecule has 0 aliphatic carbocycles. The Morgan fingerprint density at radius 3 is 2.48 bits per heavy atom. The molecule has 6 nitrogen and oxygen atoms in total. The number of sulfonamides is 1. The molecule has 1 N–H and O–H groups in total. The fraction of sp³-hybridized carbons (Fsp3) is 0.250. The first-order valence-corrected chi connectivity index (χ1v) is 10.9. The Labute approximate surface area is 173 Å². The quantitative estimate of drug-likeness (QED) is 0.681. The van der Waals surface area contributed by atoms with Gasteiger partial charge in [0.1, 0.15) is 11.3 Å². The van der Waals surface area contributed by atoms with E-state index in [2.05, 4.69) is 9.88 Å². The third kappa shape index (κ3) is 3.93. The molecule has 2 aromatic carbocycles. The second-order valence-electron chi connectivity index (χ2n) is 6.91. The second-order valence-corrected chi connectivity index (χ2v) is 9.22. The first-order chi connectivity index (χ1) is 13.9. The summed E-state index contributed by atoms with van der Waals surface area (Å²) >= 11 is 6.05. The summed E-state index contributed by atoms with van der Waals surface area (Å²) in [5.41, 5.74) is 1.14. The van der Waals surface area contributed by atoms with Crippen molar-refractivity contribution in [2.45, 2.75) is 11.4 Å². The zero-order valence-electron chi connectivity index (χ0n) is 15.4. The van der Waals surface area contributed by atoms with Gasteiger partial charge in [-0.2, -0.15) is 4.31 Å². The molecule has 1 aliphatic heterocycles. The molecule has 1 fully saturated rings. The Morgan fingerprint density at radius 2 is 1.79 bits per heavy atom. The van der Waals surface area contributed by atoms with Gasteiger partial charge in [0.2, 0.25) is 10.0 Å². The standard InChI is InChI=1S/C20H19ClFN3O3S/c21-17-12-18(16-2-1-7-23-19(16)20(17)26)29(27,28)25-10-8-24(9-11-25)13-14-3-5-15(22)6-4-14/h1-7,12,26H,8-11,13H2. The highest BCUT2D eigenvalue weighted by Gasteiger charge is 2.31. The van der Waals surface area contributed by atoms with Crippen LogP contribution in [0.1, 0.15) is 5.56 Å². The third-order valence-corrected chi connectivity index (χ3v) is 7.28. The van der Waals surface area contributed by atoms with Crippen molar-refractivity contribution < 1.29 is 17.9 Å². The third-order valence-electron chi connectivity index (χ3n) is 5.05. The van der Waals surface area contributed by atoms with Crippen LogP contribution < -0.4 is 0 Å². The van der Waals surface area contributed by atoms with E-state index >= 15 is 0 Å². The number of aromatic nitrogens is 1. The van der Waals surface area contributed by atoms with E-state index in [1.165, 1.54) is 28.7 Å². The average Bonchev–Trinajstić information content (AvgIpc) is 2.73. The largest absolute Gasteiger partial charge is 0.504 e. The summed E-state index contributed by atoms with van der Waals surface area (Å²) < 4.78 is 41.0. The van der Waals surface area contributed by atoms with Gasteiger partial charge in [-0.05, 0) is 35.9 Å². The molecule has 1 saturated heterocycles. The normalized spacial score (nSPS) is 16.3. The fourth-order valence-corrected chi connectivity index (χ4v) is 5.39. The lowest BCUT2D eigenvalue weighted by Crippen LogP contribution is -2.48. The van der Waals surface area contributed by atoms with Crippen LogP contribution in [-0.4, -0.2) is 53.9 Å². The number of phenolic OH excluding ortho intramolecular Hbond substituents is 1. The summed E-state index contributed by atoms with van der Waals surface area (Å²) in [4.78, 5) is 6.24. The summed E-state index contributed by atoms with van der Waals surface area (Å²) in [6.45, 7) is 2.39. The zero-order chi connectivity index (χ0) is 20.6. The summed E-state index contributed by atoms with van der Waals surface area (Å²) in [6.07, 6.45) is 1.48. The van der Waals surface area contributed by atoms with Gasteiger partial charge in [-0.3, -0.25) is 9.88 Å². The van der Waals surface area contributed by atoms with Crippen LogP contribution in [0.25, 0.3) is 10.9 Å². The molecule has 0 amide bonds. The number of rotatable bonds is 4. The van der Waals surface area contributed by atoms with E-state index in [0.29, 0.717) is 38.1 Å². The van der Waals surface area contributed by atoms with Crippen molar-refractivity contribution in [1.29, 1.82) is 0 Å². The molecule has 2 heterocycles. The van der Waals surface area contributed by atoms with Crippen molar-refractivity contribution in [1.82, 2.24) is 14.2 Å². The lowest BCUT2D eigenvalue weighted by molar-refractivity contribution is 0.181. The fourth-order valence-electron chi connectivity index (χ4n) is 3.50. The first-order valence-electron chi connectivity index (χ1n) is 9.09. The molecule has 1 aliphatic rings. The van der Waals surface area contributed by atoms with E-state index in [9.17, 15) is 17.9 Å². The molecule has 0 radical (unpaired) electrons. The van der Waals surface area contributed by atoms with Gasteiger partial charge in [0, 0.05) is 44.3 Å². The Morgan fingerprint density at radius 1 is 1.10 bits per heavy atom. The van der Waals surface area contributed by atoms with Crippen LogP contribution in [0.2, 0.25) is 5.02 Å². The number of phenols is 1. The first kappa shape index (κ1) is 20.0. The van der Waals surface area contributed by atoms with Crippen LogP contribution >= 0.6 is 11.6 Å². The molecule has 0 atom stereocenters. The van der Waals surface area contributed by atoms with E-state index in [1.807, 2.05) is 0 Å². The SMILES string of the molecule is O=S(=O)(c1cc(Cl)c(O)c2ncccc12)N1CCN(Cc2ccc(F)cc2)CC1. The smallest absolute Gasteiger partial charge is 0.243 e. The van der Waals surface area contributed by atoms with Crippen molar-refractivity contribution >= 4 is 32.5 Å². The zero-order valence-corrected chi connectivity index (χ0v) is 17.0. The predicted molar refractivity (Wildman–Crippen MR) is 109 cm³/mol. The molecule has 29 heavy (non-hydrogen) atoms. The van der Waals surface area contributed by atoms with E-state index in [0.717, 1.165) is 5.56 Å². The molecule has 0 saturated carbocycles. The second kappa shape index (κ2) is 7.87. The lowest BCUT2D eigenvalue weighted by Gasteiger charge is -2.34. The van der Waals surface area contributed by atoms with Gasteiger partial charge in [0.25, 0.3) is 0 Å². The molecule has 0 spiro atoms. The minimum atomic E-state index is -3.81. The van der Waals surface area contributed by atoms with Crippen molar-refractivity contribution in [3.8, 4) is 5.75 Å². The van der Waals surface area contributed by atoms with Gasteiger partial charge in [-0.1, -0.05) is 23.7 Å². The Kier molecular flexibility index (Phi) is 5.44. The van der Waals surface area contributed by atoms with Gasteiger partial charge >= 0.3 is 0 Å². The van der Waals surface area contributed by atoms with Gasteiger partial charge < -0.3 is 5.11 Å². The molecule has 0 bridgehead atoms. The van der Waals surface area contributed by atoms with Crippen molar-refractivity contribution in [2.75, 3.05) is 26.2 Å². The maximum absolute atomic E-state index is 13.3. The molecule has 152 valence electrons. The highest BCUT2D eigenvalue weighted by molar-refractivity contribution is 7.89.